The first-order valence-corrected chi connectivity index (χ1v) is 5.46. The smallest absolute Gasteiger partial charge is 0.0739 e. The van der Waals surface area contributed by atoms with Gasteiger partial charge in [0.05, 0.1) is 12.1 Å². The Bertz CT molecular complexity index is 259. The van der Waals surface area contributed by atoms with E-state index in [9.17, 15) is 0 Å². The first kappa shape index (κ1) is 10.7. The van der Waals surface area contributed by atoms with E-state index >= 15 is 0 Å². The standard InChI is InChI=1S/C10H17NOS/c1-4-12-7(2)10(11)9-5-6-13-8(9)3/h5-7,10H,4,11H2,1-3H3. The molecule has 0 radical (unpaired) electrons. The molecular weight excluding hydrogens is 182 g/mol. The molecule has 0 amide bonds. The molecule has 74 valence electrons. The summed E-state index contributed by atoms with van der Waals surface area (Å²) in [6.07, 6.45) is 0.0956. The second-order valence-corrected chi connectivity index (χ2v) is 4.24. The summed E-state index contributed by atoms with van der Waals surface area (Å²) in [5, 5.41) is 2.07. The van der Waals surface area contributed by atoms with Gasteiger partial charge in [0.15, 0.2) is 0 Å². The molecule has 2 atom stereocenters. The van der Waals surface area contributed by atoms with Gasteiger partial charge in [-0.1, -0.05) is 0 Å². The highest BCUT2D eigenvalue weighted by molar-refractivity contribution is 7.10. The van der Waals surface area contributed by atoms with Crippen molar-refractivity contribution in [2.45, 2.75) is 32.9 Å². The van der Waals surface area contributed by atoms with Gasteiger partial charge in [-0.15, -0.1) is 11.3 Å². The monoisotopic (exact) mass is 199 g/mol. The van der Waals surface area contributed by atoms with Gasteiger partial charge in [0.1, 0.15) is 0 Å². The zero-order valence-corrected chi connectivity index (χ0v) is 9.23. The third kappa shape index (κ3) is 2.53. The Kier molecular flexibility index (Phi) is 3.90. The fraction of sp³-hybridized carbons (Fsp3) is 0.600. The number of nitrogens with two attached hydrogens (primary N) is 1. The predicted molar refractivity (Wildman–Crippen MR) is 57.1 cm³/mol. The Hall–Kier alpha value is -0.380. The maximum atomic E-state index is 6.05. The molecule has 1 heterocycles. The summed E-state index contributed by atoms with van der Waals surface area (Å²) in [5.74, 6) is 0. The Balaban J connectivity index is 2.67. The molecule has 2 N–H and O–H groups in total. The molecule has 0 saturated carbocycles. The van der Waals surface area contributed by atoms with Crippen LogP contribution in [0.5, 0.6) is 0 Å². The minimum Gasteiger partial charge on any atom is -0.377 e. The molecular formula is C10H17NOS. The summed E-state index contributed by atoms with van der Waals surface area (Å²) >= 11 is 1.73. The number of rotatable bonds is 4. The Morgan fingerprint density at radius 1 is 1.62 bits per heavy atom. The third-order valence-electron chi connectivity index (χ3n) is 2.19. The van der Waals surface area contributed by atoms with Gasteiger partial charge in [-0.05, 0) is 37.8 Å². The van der Waals surface area contributed by atoms with Crippen molar-refractivity contribution < 1.29 is 4.74 Å². The summed E-state index contributed by atoms with van der Waals surface area (Å²) in [4.78, 5) is 1.29. The molecule has 0 spiro atoms. The maximum absolute atomic E-state index is 6.05. The lowest BCUT2D eigenvalue weighted by Gasteiger charge is -2.19. The first-order chi connectivity index (χ1) is 6.16. The lowest BCUT2D eigenvalue weighted by molar-refractivity contribution is 0.0574. The average molecular weight is 199 g/mol. The van der Waals surface area contributed by atoms with Gasteiger partial charge in [0.25, 0.3) is 0 Å². The molecule has 1 aromatic rings. The minimum absolute atomic E-state index is 0.00574. The molecule has 0 aromatic carbocycles. The fourth-order valence-electron chi connectivity index (χ4n) is 1.36. The number of thiophene rings is 1. The van der Waals surface area contributed by atoms with Crippen LogP contribution in [0, 0.1) is 6.92 Å². The predicted octanol–water partition coefficient (Wildman–Crippen LogP) is 2.48. The van der Waals surface area contributed by atoms with Crippen LogP contribution in [0.2, 0.25) is 0 Å². The molecule has 1 rings (SSSR count). The molecule has 1 aromatic heterocycles. The highest BCUT2D eigenvalue weighted by atomic mass is 32.1. The van der Waals surface area contributed by atoms with Crippen molar-refractivity contribution >= 4 is 11.3 Å². The van der Waals surface area contributed by atoms with Gasteiger partial charge in [-0.2, -0.15) is 0 Å². The molecule has 0 aliphatic rings. The molecule has 0 aliphatic carbocycles. The molecule has 0 bridgehead atoms. The highest BCUT2D eigenvalue weighted by Crippen LogP contribution is 2.24. The lowest BCUT2D eigenvalue weighted by Crippen LogP contribution is -2.26. The molecule has 13 heavy (non-hydrogen) atoms. The second kappa shape index (κ2) is 4.74. The van der Waals surface area contributed by atoms with Crippen LogP contribution in [0.25, 0.3) is 0 Å². The van der Waals surface area contributed by atoms with Crippen LogP contribution in [-0.2, 0) is 4.74 Å². The first-order valence-electron chi connectivity index (χ1n) is 4.58. The normalized spacial score (nSPS) is 15.7. The number of hydrogen-bond donors (Lipinski definition) is 1. The van der Waals surface area contributed by atoms with Crippen LogP contribution in [0.4, 0.5) is 0 Å². The van der Waals surface area contributed by atoms with Crippen LogP contribution in [0.3, 0.4) is 0 Å². The Morgan fingerprint density at radius 2 is 2.31 bits per heavy atom. The van der Waals surface area contributed by atoms with Crippen LogP contribution in [0.1, 0.15) is 30.3 Å². The summed E-state index contributed by atoms with van der Waals surface area (Å²) in [7, 11) is 0. The molecule has 0 fully saturated rings. The van der Waals surface area contributed by atoms with Crippen molar-refractivity contribution in [1.82, 2.24) is 0 Å². The van der Waals surface area contributed by atoms with Gasteiger partial charge in [0.2, 0.25) is 0 Å². The molecule has 3 heteroatoms. The van der Waals surface area contributed by atoms with Gasteiger partial charge in [0, 0.05) is 11.5 Å². The van der Waals surface area contributed by atoms with E-state index in [2.05, 4.69) is 18.4 Å². The van der Waals surface area contributed by atoms with E-state index in [0.717, 1.165) is 6.61 Å². The fourth-order valence-corrected chi connectivity index (χ4v) is 2.12. The average Bonchev–Trinajstić information content (AvgIpc) is 2.50. The summed E-state index contributed by atoms with van der Waals surface area (Å²) in [5.41, 5.74) is 7.27. The summed E-state index contributed by atoms with van der Waals surface area (Å²) in [6, 6.07) is 2.09. The number of ether oxygens (including phenoxy) is 1. The van der Waals surface area contributed by atoms with Crippen molar-refractivity contribution in [3.8, 4) is 0 Å². The zero-order valence-electron chi connectivity index (χ0n) is 8.41. The summed E-state index contributed by atoms with van der Waals surface area (Å²) in [6.45, 7) is 6.82. The summed E-state index contributed by atoms with van der Waals surface area (Å²) < 4.78 is 5.46. The van der Waals surface area contributed by atoms with Crippen LogP contribution < -0.4 is 5.73 Å². The molecule has 2 nitrogen and oxygen atoms in total. The highest BCUT2D eigenvalue weighted by Gasteiger charge is 2.17. The Labute approximate surface area is 83.7 Å². The second-order valence-electron chi connectivity index (χ2n) is 3.12. The van der Waals surface area contributed by atoms with Gasteiger partial charge < -0.3 is 10.5 Å². The van der Waals surface area contributed by atoms with Gasteiger partial charge in [-0.3, -0.25) is 0 Å². The topological polar surface area (TPSA) is 35.2 Å². The van der Waals surface area contributed by atoms with Gasteiger partial charge in [-0.25, -0.2) is 0 Å². The van der Waals surface area contributed by atoms with E-state index in [1.165, 1.54) is 10.4 Å². The number of hydrogen-bond acceptors (Lipinski definition) is 3. The lowest BCUT2D eigenvalue weighted by atomic mass is 10.0. The van der Waals surface area contributed by atoms with Crippen molar-refractivity contribution in [2.75, 3.05) is 6.61 Å². The van der Waals surface area contributed by atoms with E-state index < -0.39 is 0 Å². The van der Waals surface area contributed by atoms with Crippen molar-refractivity contribution in [2.24, 2.45) is 5.73 Å². The van der Waals surface area contributed by atoms with E-state index in [4.69, 9.17) is 10.5 Å². The molecule has 0 saturated heterocycles. The molecule has 0 aliphatic heterocycles. The van der Waals surface area contributed by atoms with Crippen LogP contribution in [-0.4, -0.2) is 12.7 Å². The van der Waals surface area contributed by atoms with E-state index in [-0.39, 0.29) is 12.1 Å². The van der Waals surface area contributed by atoms with Crippen molar-refractivity contribution in [1.29, 1.82) is 0 Å². The van der Waals surface area contributed by atoms with E-state index in [0.29, 0.717) is 0 Å². The van der Waals surface area contributed by atoms with Crippen LogP contribution in [0.15, 0.2) is 11.4 Å². The van der Waals surface area contributed by atoms with Crippen molar-refractivity contribution in [3.63, 3.8) is 0 Å². The van der Waals surface area contributed by atoms with Gasteiger partial charge >= 0.3 is 0 Å². The van der Waals surface area contributed by atoms with E-state index in [1.807, 2.05) is 13.8 Å². The van der Waals surface area contributed by atoms with Crippen molar-refractivity contribution in [3.05, 3.63) is 21.9 Å². The number of aryl methyl sites for hydroxylation is 1. The SMILES string of the molecule is CCOC(C)C(N)c1ccsc1C. The van der Waals surface area contributed by atoms with Crippen LogP contribution >= 0.6 is 11.3 Å². The Morgan fingerprint density at radius 3 is 2.77 bits per heavy atom. The minimum atomic E-state index is 0.00574. The third-order valence-corrected chi connectivity index (χ3v) is 3.05. The maximum Gasteiger partial charge on any atom is 0.0739 e. The molecule has 2 unspecified atom stereocenters. The quantitative estimate of drug-likeness (QED) is 0.808. The van der Waals surface area contributed by atoms with E-state index in [1.54, 1.807) is 11.3 Å². The zero-order chi connectivity index (χ0) is 9.84. The largest absolute Gasteiger partial charge is 0.377 e.